The van der Waals surface area contributed by atoms with Gasteiger partial charge in [0.2, 0.25) is 0 Å². The number of H-pyrrole nitrogens is 1. The molecule has 19 heavy (non-hydrogen) atoms. The monoisotopic (exact) mass is 270 g/mol. The molecule has 6 heteroatoms. The van der Waals surface area contributed by atoms with Crippen LogP contribution in [0.15, 0.2) is 36.7 Å². The molecule has 0 spiro atoms. The van der Waals surface area contributed by atoms with E-state index >= 15 is 0 Å². The number of nitriles is 1. The van der Waals surface area contributed by atoms with Crippen molar-refractivity contribution in [1.82, 2.24) is 14.5 Å². The van der Waals surface area contributed by atoms with Crippen LogP contribution in [0.5, 0.6) is 0 Å². The first-order valence-corrected chi connectivity index (χ1v) is 5.86. The predicted molar refractivity (Wildman–Crippen MR) is 70.9 cm³/mol. The van der Waals surface area contributed by atoms with Gasteiger partial charge in [-0.3, -0.25) is 9.55 Å². The van der Waals surface area contributed by atoms with E-state index in [-0.39, 0.29) is 5.56 Å². The predicted octanol–water partition coefficient (Wildman–Crippen LogP) is 3.09. The summed E-state index contributed by atoms with van der Waals surface area (Å²) in [7, 11) is 0. The Morgan fingerprint density at radius 1 is 1.37 bits per heavy atom. The first-order valence-electron chi connectivity index (χ1n) is 5.45. The molecule has 0 amide bonds. The summed E-state index contributed by atoms with van der Waals surface area (Å²) in [4.78, 5) is 7.01. The van der Waals surface area contributed by atoms with E-state index in [1.165, 1.54) is 18.2 Å². The highest BCUT2D eigenvalue weighted by molar-refractivity contribution is 7.71. The Balaban J connectivity index is 2.40. The summed E-state index contributed by atoms with van der Waals surface area (Å²) in [6, 6.07) is 7.80. The molecule has 0 fully saturated rings. The molecule has 0 saturated carbocycles. The molecule has 0 aliphatic rings. The topological polar surface area (TPSA) is 57.4 Å². The van der Waals surface area contributed by atoms with Crippen LogP contribution in [0.1, 0.15) is 5.56 Å². The third-order valence-electron chi connectivity index (χ3n) is 2.80. The van der Waals surface area contributed by atoms with Crippen LogP contribution in [-0.4, -0.2) is 14.5 Å². The van der Waals surface area contributed by atoms with E-state index in [2.05, 4.69) is 9.97 Å². The highest BCUT2D eigenvalue weighted by Gasteiger charge is 2.11. The molecule has 3 aromatic rings. The summed E-state index contributed by atoms with van der Waals surface area (Å²) >= 11 is 5.25. The molecule has 3 rings (SSSR count). The van der Waals surface area contributed by atoms with E-state index in [0.717, 1.165) is 11.0 Å². The zero-order chi connectivity index (χ0) is 13.4. The van der Waals surface area contributed by atoms with E-state index in [1.54, 1.807) is 23.0 Å². The molecule has 0 unspecified atom stereocenters. The molecule has 0 aliphatic heterocycles. The van der Waals surface area contributed by atoms with E-state index in [1.807, 2.05) is 6.07 Å². The third kappa shape index (κ3) is 1.80. The number of fused-ring (bicyclic) bond motifs is 1. The molecule has 0 atom stereocenters. The Labute approximate surface area is 112 Å². The van der Waals surface area contributed by atoms with Gasteiger partial charge in [-0.2, -0.15) is 5.26 Å². The zero-order valence-corrected chi connectivity index (χ0v) is 10.4. The molecule has 0 saturated heterocycles. The Morgan fingerprint density at radius 3 is 3.00 bits per heavy atom. The Morgan fingerprint density at radius 2 is 2.21 bits per heavy atom. The number of aromatic amines is 1. The number of pyridine rings is 1. The second-order valence-electron chi connectivity index (χ2n) is 3.93. The maximum atomic E-state index is 13.2. The Kier molecular flexibility index (Phi) is 2.62. The quantitative estimate of drug-likeness (QED) is 0.691. The second kappa shape index (κ2) is 4.30. The van der Waals surface area contributed by atoms with Crippen molar-refractivity contribution in [2.24, 2.45) is 0 Å². The van der Waals surface area contributed by atoms with Gasteiger partial charge in [0.05, 0.1) is 28.5 Å². The lowest BCUT2D eigenvalue weighted by Crippen LogP contribution is -1.98. The molecule has 0 radical (unpaired) electrons. The van der Waals surface area contributed by atoms with Gasteiger partial charge in [-0.1, -0.05) is 0 Å². The average Bonchev–Trinajstić information content (AvgIpc) is 2.74. The van der Waals surface area contributed by atoms with Crippen LogP contribution in [0.2, 0.25) is 0 Å². The van der Waals surface area contributed by atoms with Crippen LogP contribution in [0.25, 0.3) is 16.7 Å². The lowest BCUT2D eigenvalue weighted by atomic mass is 10.2. The van der Waals surface area contributed by atoms with Crippen molar-refractivity contribution in [2.45, 2.75) is 0 Å². The number of nitrogens with one attached hydrogen (secondary N) is 1. The lowest BCUT2D eigenvalue weighted by molar-refractivity contribution is 0.627. The molecular formula is C13H7FN4S. The fourth-order valence-electron chi connectivity index (χ4n) is 1.99. The highest BCUT2D eigenvalue weighted by Crippen LogP contribution is 2.22. The molecular weight excluding hydrogens is 263 g/mol. The fourth-order valence-corrected chi connectivity index (χ4v) is 2.30. The summed E-state index contributed by atoms with van der Waals surface area (Å²) in [5, 5.41) is 9.12. The number of halogens is 1. The lowest BCUT2D eigenvalue weighted by Gasteiger charge is -2.06. The summed E-state index contributed by atoms with van der Waals surface area (Å²) in [5.41, 5.74) is 2.34. The Hall–Kier alpha value is -2.52. The van der Waals surface area contributed by atoms with Crippen LogP contribution in [-0.2, 0) is 0 Å². The van der Waals surface area contributed by atoms with Crippen molar-refractivity contribution in [3.8, 4) is 11.8 Å². The van der Waals surface area contributed by atoms with Crippen LogP contribution in [0.3, 0.4) is 0 Å². The van der Waals surface area contributed by atoms with Gasteiger partial charge in [-0.25, -0.2) is 4.39 Å². The largest absolute Gasteiger partial charge is 0.329 e. The Bertz CT molecular complexity index is 872. The number of hydrogen-bond acceptors (Lipinski definition) is 3. The highest BCUT2D eigenvalue weighted by atomic mass is 32.1. The minimum absolute atomic E-state index is 0.230. The molecule has 1 aromatic carbocycles. The summed E-state index contributed by atoms with van der Waals surface area (Å²) < 4.78 is 15.3. The van der Waals surface area contributed by atoms with E-state index in [0.29, 0.717) is 10.5 Å². The average molecular weight is 270 g/mol. The zero-order valence-electron chi connectivity index (χ0n) is 9.59. The minimum atomic E-state index is -0.451. The normalized spacial score (nSPS) is 10.5. The van der Waals surface area contributed by atoms with Crippen molar-refractivity contribution >= 4 is 23.3 Å². The van der Waals surface area contributed by atoms with E-state index in [9.17, 15) is 4.39 Å². The van der Waals surface area contributed by atoms with Crippen molar-refractivity contribution in [3.63, 3.8) is 0 Å². The van der Waals surface area contributed by atoms with Gasteiger partial charge in [-0.15, -0.1) is 0 Å². The number of imidazole rings is 1. The second-order valence-corrected chi connectivity index (χ2v) is 4.32. The third-order valence-corrected chi connectivity index (χ3v) is 3.09. The molecule has 0 aliphatic carbocycles. The minimum Gasteiger partial charge on any atom is -0.329 e. The molecule has 4 nitrogen and oxygen atoms in total. The van der Waals surface area contributed by atoms with E-state index in [4.69, 9.17) is 17.5 Å². The SMILES string of the molecule is N#Cc1cc(F)ccc1-n1c(=S)[nH]c2cnccc21. The maximum Gasteiger partial charge on any atom is 0.182 e. The van der Waals surface area contributed by atoms with Crippen molar-refractivity contribution in [2.75, 3.05) is 0 Å². The van der Waals surface area contributed by atoms with Gasteiger partial charge in [-0.05, 0) is 36.5 Å². The maximum absolute atomic E-state index is 13.2. The summed E-state index contributed by atoms with van der Waals surface area (Å²) in [5.74, 6) is -0.451. The van der Waals surface area contributed by atoms with Crippen LogP contribution >= 0.6 is 12.2 Å². The van der Waals surface area contributed by atoms with Crippen LogP contribution in [0, 0.1) is 21.9 Å². The molecule has 92 valence electrons. The summed E-state index contributed by atoms with van der Waals surface area (Å²) in [6.07, 6.45) is 3.29. The van der Waals surface area contributed by atoms with Gasteiger partial charge in [0, 0.05) is 6.20 Å². The molecule has 2 aromatic heterocycles. The van der Waals surface area contributed by atoms with Gasteiger partial charge >= 0.3 is 0 Å². The van der Waals surface area contributed by atoms with E-state index < -0.39 is 5.82 Å². The number of hydrogen-bond donors (Lipinski definition) is 1. The van der Waals surface area contributed by atoms with Crippen molar-refractivity contribution in [1.29, 1.82) is 5.26 Å². The molecule has 0 bridgehead atoms. The molecule has 1 N–H and O–H groups in total. The van der Waals surface area contributed by atoms with Crippen molar-refractivity contribution < 1.29 is 4.39 Å². The number of rotatable bonds is 1. The number of benzene rings is 1. The smallest absolute Gasteiger partial charge is 0.182 e. The first-order chi connectivity index (χ1) is 9.20. The fraction of sp³-hybridized carbons (Fsp3) is 0. The van der Waals surface area contributed by atoms with Crippen molar-refractivity contribution in [3.05, 3.63) is 52.8 Å². The molecule has 2 heterocycles. The number of nitrogens with zero attached hydrogens (tertiary/aromatic N) is 3. The van der Waals surface area contributed by atoms with Gasteiger partial charge in [0.15, 0.2) is 4.77 Å². The van der Waals surface area contributed by atoms with Crippen LogP contribution in [0.4, 0.5) is 4.39 Å². The van der Waals surface area contributed by atoms with Gasteiger partial charge in [0.25, 0.3) is 0 Å². The van der Waals surface area contributed by atoms with Gasteiger partial charge < -0.3 is 4.98 Å². The number of aromatic nitrogens is 3. The summed E-state index contributed by atoms with van der Waals surface area (Å²) in [6.45, 7) is 0. The van der Waals surface area contributed by atoms with Crippen LogP contribution < -0.4 is 0 Å². The van der Waals surface area contributed by atoms with Gasteiger partial charge in [0.1, 0.15) is 11.9 Å². The standard InChI is InChI=1S/C13H7FN4S/c14-9-1-2-11(8(5-9)6-15)18-12-3-4-16-7-10(12)17-13(18)19/h1-5,7H,(H,17,19). The first kappa shape index (κ1) is 11.6.